The van der Waals surface area contributed by atoms with Crippen molar-refractivity contribution < 1.29 is 14.6 Å². The van der Waals surface area contributed by atoms with Crippen molar-refractivity contribution >= 4 is 0 Å². The van der Waals surface area contributed by atoms with Gasteiger partial charge in [0.15, 0.2) is 0 Å². The molecule has 19 heavy (non-hydrogen) atoms. The van der Waals surface area contributed by atoms with Crippen molar-refractivity contribution in [3.8, 4) is 0 Å². The predicted molar refractivity (Wildman–Crippen MR) is 76.1 cm³/mol. The number of aliphatic hydroxyl groups excluding tert-OH is 1. The molecule has 4 atom stereocenters. The fourth-order valence-corrected chi connectivity index (χ4v) is 3.84. The van der Waals surface area contributed by atoms with Crippen LogP contribution >= 0.6 is 0 Å². The largest absolute Gasteiger partial charge is 0.390 e. The summed E-state index contributed by atoms with van der Waals surface area (Å²) in [4.78, 5) is 0. The van der Waals surface area contributed by atoms with Crippen molar-refractivity contribution in [2.45, 2.75) is 64.6 Å². The molecule has 3 heteroatoms. The van der Waals surface area contributed by atoms with E-state index >= 15 is 0 Å². The molecule has 0 bridgehead atoms. The molecule has 3 nitrogen and oxygen atoms in total. The predicted octanol–water partition coefficient (Wildman–Crippen LogP) is 3.01. The standard InChI is InChI=1S/C16H30O3/c1-4-19-16(7-9-18-10-8-16)15(17)14-6-5-12(2)13(3)11-14/h12-15,17H,4-11H2,1-3H3. The Balaban J connectivity index is 2.04. The zero-order valence-electron chi connectivity index (χ0n) is 12.7. The van der Waals surface area contributed by atoms with Gasteiger partial charge in [-0.15, -0.1) is 0 Å². The number of hydrogen-bond acceptors (Lipinski definition) is 3. The van der Waals surface area contributed by atoms with Gasteiger partial charge in [-0.05, 0) is 37.5 Å². The zero-order chi connectivity index (χ0) is 13.9. The Morgan fingerprint density at radius 2 is 1.89 bits per heavy atom. The Hall–Kier alpha value is -0.120. The second kappa shape index (κ2) is 6.55. The Kier molecular flexibility index (Phi) is 5.27. The summed E-state index contributed by atoms with van der Waals surface area (Å²) < 4.78 is 11.5. The first-order chi connectivity index (χ1) is 9.09. The molecule has 1 aliphatic heterocycles. The minimum atomic E-state index is -0.349. The maximum Gasteiger partial charge on any atom is 0.0986 e. The van der Waals surface area contributed by atoms with Crippen molar-refractivity contribution in [1.29, 1.82) is 0 Å². The fourth-order valence-electron chi connectivity index (χ4n) is 3.84. The molecule has 2 fully saturated rings. The molecule has 112 valence electrons. The average Bonchev–Trinajstić information content (AvgIpc) is 2.42. The van der Waals surface area contributed by atoms with Gasteiger partial charge < -0.3 is 14.6 Å². The lowest BCUT2D eigenvalue weighted by Crippen LogP contribution is -2.53. The highest BCUT2D eigenvalue weighted by atomic mass is 16.5. The van der Waals surface area contributed by atoms with Crippen LogP contribution in [-0.4, -0.2) is 36.6 Å². The van der Waals surface area contributed by atoms with Gasteiger partial charge in [0.1, 0.15) is 0 Å². The number of rotatable bonds is 4. The quantitative estimate of drug-likeness (QED) is 0.853. The van der Waals surface area contributed by atoms with Gasteiger partial charge in [0, 0.05) is 32.7 Å². The van der Waals surface area contributed by atoms with Crippen molar-refractivity contribution in [3.63, 3.8) is 0 Å². The molecule has 1 aliphatic carbocycles. The van der Waals surface area contributed by atoms with Crippen LogP contribution < -0.4 is 0 Å². The summed E-state index contributed by atoms with van der Waals surface area (Å²) in [5.74, 6) is 1.91. The van der Waals surface area contributed by atoms with Gasteiger partial charge in [0.05, 0.1) is 11.7 Å². The van der Waals surface area contributed by atoms with Crippen LogP contribution in [0.15, 0.2) is 0 Å². The molecule has 0 radical (unpaired) electrons. The Bertz CT molecular complexity index is 268. The van der Waals surface area contributed by atoms with Gasteiger partial charge in [-0.25, -0.2) is 0 Å². The monoisotopic (exact) mass is 270 g/mol. The smallest absolute Gasteiger partial charge is 0.0986 e. The number of aliphatic hydroxyl groups is 1. The minimum Gasteiger partial charge on any atom is -0.390 e. The summed E-state index contributed by atoms with van der Waals surface area (Å²) in [6.07, 6.45) is 4.86. The molecule has 0 aromatic rings. The van der Waals surface area contributed by atoms with Crippen LogP contribution in [0.1, 0.15) is 52.9 Å². The highest BCUT2D eigenvalue weighted by Crippen LogP contribution is 2.41. The second-order valence-corrected chi connectivity index (χ2v) is 6.58. The molecule has 1 saturated heterocycles. The van der Waals surface area contributed by atoms with Crippen LogP contribution in [0.3, 0.4) is 0 Å². The first-order valence-electron chi connectivity index (χ1n) is 7.99. The maximum absolute atomic E-state index is 10.9. The Morgan fingerprint density at radius 1 is 1.21 bits per heavy atom. The highest BCUT2D eigenvalue weighted by molar-refractivity contribution is 4.95. The lowest BCUT2D eigenvalue weighted by atomic mass is 9.69. The molecule has 0 spiro atoms. The lowest BCUT2D eigenvalue weighted by Gasteiger charge is -2.46. The van der Waals surface area contributed by atoms with E-state index in [0.717, 1.165) is 44.8 Å². The van der Waals surface area contributed by atoms with Crippen LogP contribution in [0.25, 0.3) is 0 Å². The van der Waals surface area contributed by atoms with E-state index in [0.29, 0.717) is 18.4 Å². The van der Waals surface area contributed by atoms with Crippen LogP contribution in [0.5, 0.6) is 0 Å². The molecule has 1 heterocycles. The molecule has 1 saturated carbocycles. The van der Waals surface area contributed by atoms with Crippen molar-refractivity contribution in [3.05, 3.63) is 0 Å². The first-order valence-corrected chi connectivity index (χ1v) is 7.99. The van der Waals surface area contributed by atoms with Gasteiger partial charge in [-0.1, -0.05) is 20.3 Å². The van der Waals surface area contributed by atoms with Gasteiger partial charge in [-0.3, -0.25) is 0 Å². The van der Waals surface area contributed by atoms with Crippen LogP contribution in [-0.2, 0) is 9.47 Å². The van der Waals surface area contributed by atoms with E-state index in [-0.39, 0.29) is 11.7 Å². The summed E-state index contributed by atoms with van der Waals surface area (Å²) in [6, 6.07) is 0. The second-order valence-electron chi connectivity index (χ2n) is 6.58. The average molecular weight is 270 g/mol. The third kappa shape index (κ3) is 3.32. The molecule has 4 unspecified atom stereocenters. The third-order valence-electron chi connectivity index (χ3n) is 5.40. The van der Waals surface area contributed by atoms with Gasteiger partial charge in [0.2, 0.25) is 0 Å². The molecule has 0 amide bonds. The number of hydrogen-bond donors (Lipinski definition) is 1. The molecule has 0 aromatic heterocycles. The normalized spacial score (nSPS) is 36.9. The van der Waals surface area contributed by atoms with Crippen LogP contribution in [0, 0.1) is 17.8 Å². The fraction of sp³-hybridized carbons (Fsp3) is 1.00. The molecule has 2 aliphatic rings. The number of ether oxygens (including phenoxy) is 2. The van der Waals surface area contributed by atoms with Crippen LogP contribution in [0.2, 0.25) is 0 Å². The van der Waals surface area contributed by atoms with E-state index in [2.05, 4.69) is 13.8 Å². The topological polar surface area (TPSA) is 38.7 Å². The van der Waals surface area contributed by atoms with Crippen molar-refractivity contribution in [1.82, 2.24) is 0 Å². The Morgan fingerprint density at radius 3 is 2.47 bits per heavy atom. The lowest BCUT2D eigenvalue weighted by molar-refractivity contribution is -0.185. The zero-order valence-corrected chi connectivity index (χ0v) is 12.7. The highest BCUT2D eigenvalue weighted by Gasteiger charge is 2.45. The molecular weight excluding hydrogens is 240 g/mol. The van der Waals surface area contributed by atoms with Gasteiger partial charge >= 0.3 is 0 Å². The molecule has 2 rings (SSSR count). The summed E-state index contributed by atoms with van der Waals surface area (Å²) in [5.41, 5.74) is -0.349. The van der Waals surface area contributed by atoms with E-state index in [1.807, 2.05) is 6.92 Å². The van der Waals surface area contributed by atoms with Gasteiger partial charge in [-0.2, -0.15) is 0 Å². The summed E-state index contributed by atoms with van der Waals surface area (Å²) in [6.45, 7) is 8.79. The maximum atomic E-state index is 10.9. The van der Waals surface area contributed by atoms with E-state index in [9.17, 15) is 5.11 Å². The SMILES string of the molecule is CCOC1(C(O)C2CCC(C)C(C)C2)CCOCC1. The third-order valence-corrected chi connectivity index (χ3v) is 5.40. The molecule has 1 N–H and O–H groups in total. The van der Waals surface area contributed by atoms with E-state index < -0.39 is 0 Å². The molecule has 0 aromatic carbocycles. The Labute approximate surface area is 117 Å². The first kappa shape index (κ1) is 15.3. The van der Waals surface area contributed by atoms with Crippen molar-refractivity contribution in [2.24, 2.45) is 17.8 Å². The van der Waals surface area contributed by atoms with E-state index in [1.54, 1.807) is 0 Å². The summed E-state index contributed by atoms with van der Waals surface area (Å²) in [5, 5.41) is 10.9. The summed E-state index contributed by atoms with van der Waals surface area (Å²) >= 11 is 0. The van der Waals surface area contributed by atoms with E-state index in [4.69, 9.17) is 9.47 Å². The molecular formula is C16H30O3. The van der Waals surface area contributed by atoms with E-state index in [1.165, 1.54) is 6.42 Å². The minimum absolute atomic E-state index is 0.328. The van der Waals surface area contributed by atoms with Crippen molar-refractivity contribution in [2.75, 3.05) is 19.8 Å². The van der Waals surface area contributed by atoms with Gasteiger partial charge in [0.25, 0.3) is 0 Å². The van der Waals surface area contributed by atoms with Crippen LogP contribution in [0.4, 0.5) is 0 Å². The summed E-state index contributed by atoms with van der Waals surface area (Å²) in [7, 11) is 0.